The molecule has 8 heteroatoms. The highest BCUT2D eigenvalue weighted by molar-refractivity contribution is 6.51. The fourth-order valence-electron chi connectivity index (χ4n) is 4.38. The second-order valence-corrected chi connectivity index (χ2v) is 8.33. The molecule has 180 valence electrons. The van der Waals surface area contributed by atoms with Crippen molar-refractivity contribution in [2.45, 2.75) is 12.2 Å². The molecule has 1 fully saturated rings. The minimum Gasteiger partial charge on any atom is -0.507 e. The minimum absolute atomic E-state index is 0.182. The molecule has 4 nitrogen and oxygen atoms in total. The number of alkyl halides is 3. The van der Waals surface area contributed by atoms with Crippen LogP contribution in [0.3, 0.4) is 0 Å². The third-order valence-electron chi connectivity index (χ3n) is 6.10. The Morgan fingerprint density at radius 3 is 2.19 bits per heavy atom. The SMILES string of the molecule is O=C1C(=O)N(c2cccc(C(F)(F)F)c2)C(c2ccc(F)cc2)/C1=C(/O)c1ccc2ccccc2c1. The van der Waals surface area contributed by atoms with Crippen LogP contribution in [0.2, 0.25) is 0 Å². The summed E-state index contributed by atoms with van der Waals surface area (Å²) in [4.78, 5) is 27.2. The van der Waals surface area contributed by atoms with E-state index in [-0.39, 0.29) is 22.4 Å². The van der Waals surface area contributed by atoms with Crippen molar-refractivity contribution >= 4 is 33.9 Å². The smallest absolute Gasteiger partial charge is 0.416 e. The number of carbonyl (C=O) groups excluding carboxylic acids is 2. The molecule has 1 aliphatic rings. The number of hydrogen-bond donors (Lipinski definition) is 1. The van der Waals surface area contributed by atoms with Gasteiger partial charge < -0.3 is 5.11 Å². The molecule has 1 atom stereocenters. The molecule has 0 saturated carbocycles. The summed E-state index contributed by atoms with van der Waals surface area (Å²) >= 11 is 0. The molecule has 0 aliphatic carbocycles. The Morgan fingerprint density at radius 1 is 0.806 bits per heavy atom. The van der Waals surface area contributed by atoms with Crippen LogP contribution in [0.25, 0.3) is 16.5 Å². The van der Waals surface area contributed by atoms with Gasteiger partial charge in [0.1, 0.15) is 11.6 Å². The maximum absolute atomic E-state index is 13.7. The highest BCUT2D eigenvalue weighted by Crippen LogP contribution is 2.43. The number of fused-ring (bicyclic) bond motifs is 1. The van der Waals surface area contributed by atoms with Crippen molar-refractivity contribution in [2.75, 3.05) is 4.90 Å². The van der Waals surface area contributed by atoms with Crippen molar-refractivity contribution in [2.24, 2.45) is 0 Å². The molecule has 0 bridgehead atoms. The quantitative estimate of drug-likeness (QED) is 0.152. The largest absolute Gasteiger partial charge is 0.507 e. The van der Waals surface area contributed by atoms with Crippen LogP contribution in [-0.2, 0) is 15.8 Å². The summed E-state index contributed by atoms with van der Waals surface area (Å²) in [5, 5.41) is 12.9. The Kier molecular flexibility index (Phi) is 5.59. The Balaban J connectivity index is 1.72. The summed E-state index contributed by atoms with van der Waals surface area (Å²) in [5.41, 5.74) is -0.995. The lowest BCUT2D eigenvalue weighted by molar-refractivity contribution is -0.137. The zero-order valence-corrected chi connectivity index (χ0v) is 18.5. The van der Waals surface area contributed by atoms with Gasteiger partial charge in [-0.1, -0.05) is 54.6 Å². The highest BCUT2D eigenvalue weighted by Gasteiger charge is 2.47. The van der Waals surface area contributed by atoms with Gasteiger partial charge in [0.05, 0.1) is 17.2 Å². The molecule has 0 radical (unpaired) electrons. The van der Waals surface area contributed by atoms with Gasteiger partial charge in [-0.05, 0) is 52.7 Å². The van der Waals surface area contributed by atoms with Crippen LogP contribution in [-0.4, -0.2) is 16.8 Å². The number of halogens is 4. The van der Waals surface area contributed by atoms with E-state index >= 15 is 0 Å². The van der Waals surface area contributed by atoms with Gasteiger partial charge in [0, 0.05) is 11.3 Å². The van der Waals surface area contributed by atoms with E-state index < -0.39 is 41.0 Å². The molecule has 1 aliphatic heterocycles. The van der Waals surface area contributed by atoms with Gasteiger partial charge in [-0.15, -0.1) is 0 Å². The molecule has 0 spiro atoms. The van der Waals surface area contributed by atoms with Crippen molar-refractivity contribution in [3.63, 3.8) is 0 Å². The number of carbonyl (C=O) groups is 2. The van der Waals surface area contributed by atoms with Crippen molar-refractivity contribution in [1.29, 1.82) is 0 Å². The fourth-order valence-corrected chi connectivity index (χ4v) is 4.38. The van der Waals surface area contributed by atoms with Gasteiger partial charge in [0.25, 0.3) is 11.7 Å². The molecule has 4 aromatic carbocycles. The summed E-state index contributed by atoms with van der Waals surface area (Å²) in [6.45, 7) is 0. The number of benzene rings is 4. The van der Waals surface area contributed by atoms with E-state index in [1.54, 1.807) is 24.3 Å². The molecule has 5 rings (SSSR count). The topological polar surface area (TPSA) is 57.6 Å². The van der Waals surface area contributed by atoms with Gasteiger partial charge in [-0.3, -0.25) is 14.5 Å². The summed E-state index contributed by atoms with van der Waals surface area (Å²) in [7, 11) is 0. The number of rotatable bonds is 3. The summed E-state index contributed by atoms with van der Waals surface area (Å²) in [6.07, 6.45) is -4.68. The van der Waals surface area contributed by atoms with Crippen LogP contribution < -0.4 is 4.90 Å². The van der Waals surface area contributed by atoms with Crippen LogP contribution in [0.1, 0.15) is 22.7 Å². The average Bonchev–Trinajstić information content (AvgIpc) is 3.13. The van der Waals surface area contributed by atoms with E-state index in [4.69, 9.17) is 0 Å². The van der Waals surface area contributed by atoms with E-state index in [0.717, 1.165) is 46.0 Å². The van der Waals surface area contributed by atoms with E-state index in [1.165, 1.54) is 18.2 Å². The lowest BCUT2D eigenvalue weighted by atomic mass is 9.94. The van der Waals surface area contributed by atoms with Crippen molar-refractivity contribution in [1.82, 2.24) is 0 Å². The van der Waals surface area contributed by atoms with Crippen molar-refractivity contribution < 1.29 is 32.3 Å². The lowest BCUT2D eigenvalue weighted by Crippen LogP contribution is -2.29. The van der Waals surface area contributed by atoms with Crippen LogP contribution in [0.15, 0.2) is 96.6 Å². The Bertz CT molecular complexity index is 1540. The van der Waals surface area contributed by atoms with Crippen LogP contribution in [0, 0.1) is 5.82 Å². The third kappa shape index (κ3) is 4.00. The number of nitrogens with zero attached hydrogens (tertiary/aromatic N) is 1. The number of Topliss-reactive ketones (excluding diaryl/α,β-unsaturated/α-hetero) is 1. The number of anilines is 1. The van der Waals surface area contributed by atoms with Gasteiger partial charge in [-0.2, -0.15) is 13.2 Å². The molecule has 1 amide bonds. The Labute approximate surface area is 202 Å². The molecular formula is C28H17F4NO3. The van der Waals surface area contributed by atoms with E-state index in [1.807, 2.05) is 18.2 Å². The Morgan fingerprint density at radius 2 is 1.50 bits per heavy atom. The standard InChI is InChI=1S/C28H17F4NO3/c29-21-12-10-17(11-13-21)24-23(25(34)19-9-8-16-4-1-2-5-18(16)14-19)26(35)27(36)33(24)22-7-3-6-20(15-22)28(30,31)32/h1-15,24,34H/b25-23-. The first-order chi connectivity index (χ1) is 17.1. The number of aliphatic hydroxyl groups is 1. The second kappa shape index (κ2) is 8.64. The molecule has 1 saturated heterocycles. The van der Waals surface area contributed by atoms with Crippen LogP contribution in [0.5, 0.6) is 0 Å². The summed E-state index contributed by atoms with van der Waals surface area (Å²) < 4.78 is 53.8. The number of ketones is 1. The molecule has 0 aromatic heterocycles. The molecule has 36 heavy (non-hydrogen) atoms. The zero-order valence-electron chi connectivity index (χ0n) is 18.5. The van der Waals surface area contributed by atoms with Gasteiger partial charge >= 0.3 is 6.18 Å². The number of amides is 1. The van der Waals surface area contributed by atoms with E-state index in [0.29, 0.717) is 0 Å². The second-order valence-electron chi connectivity index (χ2n) is 8.33. The van der Waals surface area contributed by atoms with Gasteiger partial charge in [0.2, 0.25) is 0 Å². The van der Waals surface area contributed by atoms with Gasteiger partial charge in [0.15, 0.2) is 0 Å². The number of hydrogen-bond acceptors (Lipinski definition) is 3. The van der Waals surface area contributed by atoms with E-state index in [9.17, 15) is 32.3 Å². The maximum atomic E-state index is 13.7. The maximum Gasteiger partial charge on any atom is 0.416 e. The van der Waals surface area contributed by atoms with Crippen molar-refractivity contribution in [3.05, 3.63) is 119 Å². The molecule has 1 unspecified atom stereocenters. The predicted molar refractivity (Wildman–Crippen MR) is 127 cm³/mol. The normalized spacial score (nSPS) is 17.7. The first-order valence-electron chi connectivity index (χ1n) is 10.9. The molecule has 4 aromatic rings. The predicted octanol–water partition coefficient (Wildman–Crippen LogP) is 6.62. The fraction of sp³-hybridized carbons (Fsp3) is 0.0714. The zero-order chi connectivity index (χ0) is 25.6. The molecule has 1 N–H and O–H groups in total. The number of aliphatic hydroxyl groups excluding tert-OH is 1. The summed E-state index contributed by atoms with van der Waals surface area (Å²) in [6, 6.07) is 19.9. The summed E-state index contributed by atoms with van der Waals surface area (Å²) in [5.74, 6) is -3.23. The first-order valence-corrected chi connectivity index (χ1v) is 10.9. The monoisotopic (exact) mass is 491 g/mol. The minimum atomic E-state index is -4.68. The van der Waals surface area contributed by atoms with E-state index in [2.05, 4.69) is 0 Å². The molecule has 1 heterocycles. The third-order valence-corrected chi connectivity index (χ3v) is 6.10. The van der Waals surface area contributed by atoms with Crippen LogP contribution >= 0.6 is 0 Å². The Hall–Kier alpha value is -4.46. The first kappa shape index (κ1) is 23.3. The van der Waals surface area contributed by atoms with Gasteiger partial charge in [-0.25, -0.2) is 4.39 Å². The molecular weight excluding hydrogens is 474 g/mol. The lowest BCUT2D eigenvalue weighted by Gasteiger charge is -2.26. The average molecular weight is 491 g/mol. The highest BCUT2D eigenvalue weighted by atomic mass is 19.4. The van der Waals surface area contributed by atoms with Crippen LogP contribution in [0.4, 0.5) is 23.2 Å². The van der Waals surface area contributed by atoms with Crippen molar-refractivity contribution in [3.8, 4) is 0 Å².